The van der Waals surface area contributed by atoms with Crippen molar-refractivity contribution in [3.8, 4) is 17.6 Å². The first kappa shape index (κ1) is 15.4. The van der Waals surface area contributed by atoms with E-state index in [0.29, 0.717) is 12.1 Å². The fraction of sp³-hybridized carbons (Fsp3) is 0.133. The van der Waals surface area contributed by atoms with Crippen LogP contribution in [0.15, 0.2) is 29.6 Å². The fourth-order valence-corrected chi connectivity index (χ4v) is 2.58. The molecular weight excluding hydrogens is 310 g/mol. The number of rotatable bonds is 3. The number of thiophene rings is 1. The second-order valence-electron chi connectivity index (χ2n) is 4.07. The number of amides is 1. The SMILES string of the molecule is O=C(NCc1sccc1C#CCO)c1ccc(O)c(Cl)c1. The highest BCUT2D eigenvalue weighted by atomic mass is 35.5. The van der Waals surface area contributed by atoms with Gasteiger partial charge in [-0.3, -0.25) is 4.79 Å². The van der Waals surface area contributed by atoms with E-state index < -0.39 is 0 Å². The zero-order valence-electron chi connectivity index (χ0n) is 10.9. The van der Waals surface area contributed by atoms with Crippen molar-refractivity contribution in [2.75, 3.05) is 6.61 Å². The highest BCUT2D eigenvalue weighted by molar-refractivity contribution is 7.10. The average Bonchev–Trinajstić information content (AvgIpc) is 2.92. The van der Waals surface area contributed by atoms with E-state index in [1.165, 1.54) is 29.5 Å². The second kappa shape index (κ2) is 7.14. The summed E-state index contributed by atoms with van der Waals surface area (Å²) in [7, 11) is 0. The van der Waals surface area contributed by atoms with Gasteiger partial charge in [0.2, 0.25) is 0 Å². The minimum absolute atomic E-state index is 0.0620. The van der Waals surface area contributed by atoms with Crippen LogP contribution in [-0.4, -0.2) is 22.7 Å². The van der Waals surface area contributed by atoms with Crippen molar-refractivity contribution in [2.24, 2.45) is 0 Å². The minimum atomic E-state index is -0.286. The highest BCUT2D eigenvalue weighted by Crippen LogP contribution is 2.23. The zero-order chi connectivity index (χ0) is 15.2. The Hall–Kier alpha value is -2.00. The Balaban J connectivity index is 2.04. The molecule has 0 aliphatic heterocycles. The van der Waals surface area contributed by atoms with Gasteiger partial charge in [0.15, 0.2) is 0 Å². The molecule has 0 spiro atoms. The molecule has 2 aromatic rings. The Morgan fingerprint density at radius 2 is 2.19 bits per heavy atom. The molecule has 0 bridgehead atoms. The van der Waals surface area contributed by atoms with Crippen LogP contribution < -0.4 is 5.32 Å². The Bertz CT molecular complexity index is 715. The summed E-state index contributed by atoms with van der Waals surface area (Å²) in [6, 6.07) is 6.12. The molecule has 0 atom stereocenters. The molecule has 0 radical (unpaired) electrons. The molecule has 108 valence electrons. The van der Waals surface area contributed by atoms with Gasteiger partial charge < -0.3 is 15.5 Å². The predicted octanol–water partition coefficient (Wildman–Crippen LogP) is 2.38. The first-order valence-electron chi connectivity index (χ1n) is 6.04. The molecule has 3 N–H and O–H groups in total. The molecule has 4 nitrogen and oxygen atoms in total. The van der Waals surface area contributed by atoms with Crippen LogP contribution in [-0.2, 0) is 6.54 Å². The van der Waals surface area contributed by atoms with Crippen molar-refractivity contribution < 1.29 is 15.0 Å². The van der Waals surface area contributed by atoms with Crippen molar-refractivity contribution in [1.29, 1.82) is 0 Å². The second-order valence-corrected chi connectivity index (χ2v) is 5.47. The Morgan fingerprint density at radius 1 is 1.38 bits per heavy atom. The number of aliphatic hydroxyl groups is 1. The summed E-state index contributed by atoms with van der Waals surface area (Å²) in [5, 5.41) is 22.8. The number of halogens is 1. The molecule has 0 saturated heterocycles. The monoisotopic (exact) mass is 321 g/mol. The zero-order valence-corrected chi connectivity index (χ0v) is 12.5. The lowest BCUT2D eigenvalue weighted by Crippen LogP contribution is -2.22. The lowest BCUT2D eigenvalue weighted by Gasteiger charge is -2.05. The number of benzene rings is 1. The van der Waals surface area contributed by atoms with E-state index >= 15 is 0 Å². The number of phenolic OH excluding ortho intramolecular Hbond substituents is 1. The maximum Gasteiger partial charge on any atom is 0.251 e. The number of carbonyl (C=O) groups excluding carboxylic acids is 1. The van der Waals surface area contributed by atoms with Crippen molar-refractivity contribution >= 4 is 28.8 Å². The van der Waals surface area contributed by atoms with Gasteiger partial charge in [-0.15, -0.1) is 11.3 Å². The largest absolute Gasteiger partial charge is 0.506 e. The summed E-state index contributed by atoms with van der Waals surface area (Å²) in [6.45, 7) is 0.137. The van der Waals surface area contributed by atoms with Crippen LogP contribution in [0.25, 0.3) is 0 Å². The number of aliphatic hydroxyl groups excluding tert-OH is 1. The Morgan fingerprint density at radius 3 is 2.90 bits per heavy atom. The quantitative estimate of drug-likeness (QED) is 0.760. The van der Waals surface area contributed by atoms with Gasteiger partial charge >= 0.3 is 0 Å². The molecule has 6 heteroatoms. The summed E-state index contributed by atoms with van der Waals surface area (Å²) in [5.41, 5.74) is 1.16. The Labute approximate surface area is 131 Å². The van der Waals surface area contributed by atoms with Gasteiger partial charge in [0.05, 0.1) is 11.6 Å². The predicted molar refractivity (Wildman–Crippen MR) is 82.6 cm³/mol. The van der Waals surface area contributed by atoms with Crippen LogP contribution in [0.3, 0.4) is 0 Å². The van der Waals surface area contributed by atoms with Crippen LogP contribution in [0.4, 0.5) is 0 Å². The smallest absolute Gasteiger partial charge is 0.251 e. The third kappa shape index (κ3) is 3.99. The first-order chi connectivity index (χ1) is 10.1. The van der Waals surface area contributed by atoms with Gasteiger partial charge in [0.25, 0.3) is 5.91 Å². The lowest BCUT2D eigenvalue weighted by molar-refractivity contribution is 0.0951. The maximum absolute atomic E-state index is 12.0. The number of aromatic hydroxyl groups is 1. The van der Waals surface area contributed by atoms with Gasteiger partial charge in [-0.1, -0.05) is 23.4 Å². The van der Waals surface area contributed by atoms with Crippen LogP contribution >= 0.6 is 22.9 Å². The van der Waals surface area contributed by atoms with Crippen molar-refractivity contribution in [1.82, 2.24) is 5.32 Å². The molecule has 0 aliphatic carbocycles. The fourth-order valence-electron chi connectivity index (χ4n) is 1.63. The topological polar surface area (TPSA) is 69.6 Å². The third-order valence-corrected chi connectivity index (χ3v) is 3.89. The molecule has 0 saturated carbocycles. The van der Waals surface area contributed by atoms with E-state index in [1.807, 2.05) is 11.4 Å². The van der Waals surface area contributed by atoms with E-state index in [0.717, 1.165) is 10.4 Å². The minimum Gasteiger partial charge on any atom is -0.506 e. The van der Waals surface area contributed by atoms with Crippen molar-refractivity contribution in [2.45, 2.75) is 6.54 Å². The Kier molecular flexibility index (Phi) is 5.23. The van der Waals surface area contributed by atoms with Crippen LogP contribution in [0.5, 0.6) is 5.75 Å². The first-order valence-corrected chi connectivity index (χ1v) is 7.30. The summed E-state index contributed by atoms with van der Waals surface area (Å²) in [4.78, 5) is 12.9. The third-order valence-electron chi connectivity index (χ3n) is 2.67. The molecule has 0 fully saturated rings. The van der Waals surface area contributed by atoms with Crippen molar-refractivity contribution in [3.63, 3.8) is 0 Å². The van der Waals surface area contributed by atoms with Gasteiger partial charge in [-0.05, 0) is 29.6 Å². The summed E-state index contributed by atoms with van der Waals surface area (Å²) < 4.78 is 0. The van der Waals surface area contributed by atoms with Crippen LogP contribution in [0, 0.1) is 11.8 Å². The van der Waals surface area contributed by atoms with E-state index in [1.54, 1.807) is 0 Å². The maximum atomic E-state index is 12.0. The molecule has 0 unspecified atom stereocenters. The van der Waals surface area contributed by atoms with E-state index in [-0.39, 0.29) is 23.3 Å². The van der Waals surface area contributed by atoms with Gasteiger partial charge in [-0.2, -0.15) is 0 Å². The summed E-state index contributed by atoms with van der Waals surface area (Å²) in [5.74, 6) is 5.06. The molecule has 2 rings (SSSR count). The summed E-state index contributed by atoms with van der Waals surface area (Å²) >= 11 is 7.25. The average molecular weight is 322 g/mol. The number of hydrogen-bond donors (Lipinski definition) is 3. The molecule has 1 heterocycles. The summed E-state index contributed by atoms with van der Waals surface area (Å²) in [6.07, 6.45) is 0. The molecule has 21 heavy (non-hydrogen) atoms. The van der Waals surface area contributed by atoms with E-state index in [2.05, 4.69) is 17.2 Å². The van der Waals surface area contributed by atoms with Crippen LogP contribution in [0.2, 0.25) is 5.02 Å². The van der Waals surface area contributed by atoms with Gasteiger partial charge in [0, 0.05) is 16.0 Å². The van der Waals surface area contributed by atoms with Gasteiger partial charge in [0.1, 0.15) is 12.4 Å². The standard InChI is InChI=1S/C15H12ClNO3S/c16-12-8-11(3-4-13(12)19)15(20)17-9-14-10(2-1-6-18)5-7-21-14/h3-5,7-8,18-19H,6,9H2,(H,17,20). The van der Waals surface area contributed by atoms with E-state index in [4.69, 9.17) is 16.7 Å². The number of carbonyl (C=O) groups is 1. The van der Waals surface area contributed by atoms with Gasteiger partial charge in [-0.25, -0.2) is 0 Å². The van der Waals surface area contributed by atoms with Crippen molar-refractivity contribution in [3.05, 3.63) is 50.7 Å². The molecule has 1 aromatic carbocycles. The molecule has 1 aromatic heterocycles. The van der Waals surface area contributed by atoms with Crippen LogP contribution in [0.1, 0.15) is 20.8 Å². The molecular formula is C15H12ClNO3S. The highest BCUT2D eigenvalue weighted by Gasteiger charge is 2.09. The lowest BCUT2D eigenvalue weighted by atomic mass is 10.2. The normalized spacial score (nSPS) is 9.81. The number of hydrogen-bond acceptors (Lipinski definition) is 4. The molecule has 0 aliphatic rings. The number of phenols is 1. The molecule has 1 amide bonds. The number of nitrogens with one attached hydrogen (secondary N) is 1. The van der Waals surface area contributed by atoms with E-state index in [9.17, 15) is 9.90 Å².